The summed E-state index contributed by atoms with van der Waals surface area (Å²) < 4.78 is 1.89. The van der Waals surface area contributed by atoms with Crippen molar-refractivity contribution in [3.8, 4) is 0 Å². The van der Waals surface area contributed by atoms with Gasteiger partial charge in [-0.2, -0.15) is 0 Å². The van der Waals surface area contributed by atoms with E-state index in [1.165, 1.54) is 5.57 Å². The van der Waals surface area contributed by atoms with Crippen LogP contribution in [0, 0.1) is 6.92 Å². The summed E-state index contributed by atoms with van der Waals surface area (Å²) >= 11 is 10.1. The zero-order chi connectivity index (χ0) is 16.9. The third kappa shape index (κ3) is 2.52. The van der Waals surface area contributed by atoms with E-state index in [1.807, 2.05) is 36.8 Å². The van der Waals surface area contributed by atoms with Crippen LogP contribution >= 0.6 is 27.7 Å². The molecule has 1 unspecified atom stereocenters. The van der Waals surface area contributed by atoms with Crippen molar-refractivity contribution < 1.29 is 4.79 Å². The maximum absolute atomic E-state index is 13.3. The van der Waals surface area contributed by atoms with Crippen LogP contribution in [0.4, 0.5) is 5.69 Å². The Morgan fingerprint density at radius 1 is 1.32 bits per heavy atom. The standard InChI is InChI=1S/C18H23BrClNO/c1-11(2)9-10-18(6)14-13(20)8-7-12(3)15(14)21(19)17(4,5)16(18)22/h7-9H,10H2,1-6H3. The Balaban J connectivity index is 2.80. The number of nitrogens with zero attached hydrogens (tertiary/aromatic N) is 1. The summed E-state index contributed by atoms with van der Waals surface area (Å²) in [5.74, 6) is 0.175. The molecule has 0 aromatic heterocycles. The molecule has 1 atom stereocenters. The lowest BCUT2D eigenvalue weighted by molar-refractivity contribution is -0.128. The number of benzene rings is 1. The zero-order valence-electron chi connectivity index (χ0n) is 14.1. The van der Waals surface area contributed by atoms with Crippen molar-refractivity contribution in [2.24, 2.45) is 0 Å². The van der Waals surface area contributed by atoms with E-state index in [2.05, 4.69) is 43.0 Å². The molecule has 0 saturated carbocycles. The quantitative estimate of drug-likeness (QED) is 0.478. The van der Waals surface area contributed by atoms with Gasteiger partial charge in [0, 0.05) is 10.6 Å². The minimum absolute atomic E-state index is 0.175. The van der Waals surface area contributed by atoms with Crippen LogP contribution in [0.2, 0.25) is 5.02 Å². The van der Waals surface area contributed by atoms with Gasteiger partial charge in [0.15, 0.2) is 5.78 Å². The van der Waals surface area contributed by atoms with Crippen molar-refractivity contribution in [1.29, 1.82) is 0 Å². The lowest BCUT2D eigenvalue weighted by atomic mass is 9.66. The molecule has 120 valence electrons. The summed E-state index contributed by atoms with van der Waals surface area (Å²) in [7, 11) is 0. The van der Waals surface area contributed by atoms with E-state index in [1.54, 1.807) is 0 Å². The molecule has 1 heterocycles. The average Bonchev–Trinajstić information content (AvgIpc) is 2.44. The number of ketones is 1. The number of rotatable bonds is 2. The van der Waals surface area contributed by atoms with Crippen LogP contribution in [0.3, 0.4) is 0 Å². The lowest BCUT2D eigenvalue weighted by Crippen LogP contribution is -2.57. The summed E-state index contributed by atoms with van der Waals surface area (Å²) in [6.07, 6.45) is 2.79. The fraction of sp³-hybridized carbons (Fsp3) is 0.500. The van der Waals surface area contributed by atoms with Crippen molar-refractivity contribution in [3.05, 3.63) is 39.9 Å². The first-order valence-electron chi connectivity index (χ1n) is 7.47. The number of allylic oxidation sites excluding steroid dienone is 2. The topological polar surface area (TPSA) is 20.3 Å². The van der Waals surface area contributed by atoms with Gasteiger partial charge in [-0.05, 0) is 59.6 Å². The largest absolute Gasteiger partial charge is 0.296 e. The Morgan fingerprint density at radius 2 is 1.91 bits per heavy atom. The fourth-order valence-corrected chi connectivity index (χ4v) is 4.19. The van der Waals surface area contributed by atoms with Gasteiger partial charge in [-0.15, -0.1) is 0 Å². The molecular weight excluding hydrogens is 362 g/mol. The van der Waals surface area contributed by atoms with Crippen LogP contribution in [0.15, 0.2) is 23.8 Å². The van der Waals surface area contributed by atoms with E-state index >= 15 is 0 Å². The molecule has 0 fully saturated rings. The predicted octanol–water partition coefficient (Wildman–Crippen LogP) is 5.74. The third-order valence-electron chi connectivity index (χ3n) is 4.54. The Hall–Kier alpha value is -0.800. The van der Waals surface area contributed by atoms with E-state index in [0.29, 0.717) is 11.4 Å². The maximum atomic E-state index is 13.3. The average molecular weight is 385 g/mol. The SMILES string of the molecule is CC(C)=CCC1(C)C(=O)C(C)(C)N(Br)c2c(C)ccc(Cl)c21. The predicted molar refractivity (Wildman–Crippen MR) is 98.1 cm³/mol. The molecule has 1 aromatic carbocycles. The van der Waals surface area contributed by atoms with Gasteiger partial charge in [0.1, 0.15) is 5.54 Å². The van der Waals surface area contributed by atoms with Crippen molar-refractivity contribution in [1.82, 2.24) is 0 Å². The molecule has 0 radical (unpaired) electrons. The summed E-state index contributed by atoms with van der Waals surface area (Å²) in [6.45, 7) is 12.1. The number of Topliss-reactive ketones (excluding diaryl/α,β-unsaturated/α-hetero) is 1. The minimum Gasteiger partial charge on any atom is -0.296 e. The summed E-state index contributed by atoms with van der Waals surface area (Å²) in [4.78, 5) is 13.3. The second-order valence-corrected chi connectivity index (χ2v) is 8.19. The third-order valence-corrected chi connectivity index (χ3v) is 6.10. The van der Waals surface area contributed by atoms with Crippen LogP contribution in [0.1, 0.15) is 52.2 Å². The van der Waals surface area contributed by atoms with Crippen molar-refractivity contribution >= 4 is 39.2 Å². The zero-order valence-corrected chi connectivity index (χ0v) is 16.4. The van der Waals surface area contributed by atoms with E-state index in [0.717, 1.165) is 16.8 Å². The Bertz CT molecular complexity index is 661. The van der Waals surface area contributed by atoms with Crippen molar-refractivity contribution in [2.45, 2.75) is 58.9 Å². The highest BCUT2D eigenvalue weighted by atomic mass is 79.9. The summed E-state index contributed by atoms with van der Waals surface area (Å²) in [5.41, 5.74) is 3.00. The number of hydrogen-bond acceptors (Lipinski definition) is 2. The van der Waals surface area contributed by atoms with Gasteiger partial charge in [0.2, 0.25) is 0 Å². The van der Waals surface area contributed by atoms with Gasteiger partial charge in [-0.3, -0.25) is 8.72 Å². The van der Waals surface area contributed by atoms with Gasteiger partial charge >= 0.3 is 0 Å². The second kappa shape index (κ2) is 5.68. The van der Waals surface area contributed by atoms with Crippen LogP contribution < -0.4 is 3.93 Å². The normalized spacial score (nSPS) is 23.3. The van der Waals surface area contributed by atoms with E-state index < -0.39 is 11.0 Å². The highest BCUT2D eigenvalue weighted by Gasteiger charge is 2.52. The van der Waals surface area contributed by atoms with Crippen LogP contribution in [0.5, 0.6) is 0 Å². The first-order chi connectivity index (χ1) is 10.0. The molecule has 0 aliphatic carbocycles. The van der Waals surface area contributed by atoms with Gasteiger partial charge in [0.05, 0.1) is 27.2 Å². The molecule has 0 amide bonds. The maximum Gasteiger partial charge on any atom is 0.169 e. The number of carbonyl (C=O) groups is 1. The molecule has 2 nitrogen and oxygen atoms in total. The van der Waals surface area contributed by atoms with Crippen LogP contribution in [-0.2, 0) is 10.2 Å². The van der Waals surface area contributed by atoms with Gasteiger partial charge in [0.25, 0.3) is 0 Å². The van der Waals surface area contributed by atoms with E-state index in [9.17, 15) is 4.79 Å². The smallest absolute Gasteiger partial charge is 0.169 e. The fourth-order valence-electron chi connectivity index (χ4n) is 3.21. The Morgan fingerprint density at radius 3 is 2.45 bits per heavy atom. The lowest BCUT2D eigenvalue weighted by Gasteiger charge is -2.48. The summed E-state index contributed by atoms with van der Waals surface area (Å²) in [5, 5.41) is 0.651. The monoisotopic (exact) mass is 383 g/mol. The minimum atomic E-state index is -0.632. The highest BCUT2D eigenvalue weighted by Crippen LogP contribution is 2.51. The number of carbonyl (C=O) groups excluding carboxylic acids is 1. The molecule has 0 spiro atoms. The number of anilines is 1. The molecular formula is C18H23BrClNO. The highest BCUT2D eigenvalue weighted by molar-refractivity contribution is 9.10. The molecule has 1 aliphatic heterocycles. The van der Waals surface area contributed by atoms with E-state index in [-0.39, 0.29) is 5.78 Å². The number of halogens is 2. The molecule has 22 heavy (non-hydrogen) atoms. The summed E-state index contributed by atoms with van der Waals surface area (Å²) in [6, 6.07) is 3.89. The van der Waals surface area contributed by atoms with Crippen LogP contribution in [-0.4, -0.2) is 11.3 Å². The van der Waals surface area contributed by atoms with E-state index in [4.69, 9.17) is 11.6 Å². The molecule has 4 heteroatoms. The molecule has 2 rings (SSSR count). The first-order valence-corrected chi connectivity index (χ1v) is 8.56. The number of fused-ring (bicyclic) bond motifs is 1. The van der Waals surface area contributed by atoms with Gasteiger partial charge in [-0.25, -0.2) is 0 Å². The molecule has 1 aliphatic rings. The Labute approximate surface area is 146 Å². The number of aryl methyl sites for hydroxylation is 1. The van der Waals surface area contributed by atoms with Gasteiger partial charge in [-0.1, -0.05) is 29.3 Å². The van der Waals surface area contributed by atoms with Crippen molar-refractivity contribution in [3.63, 3.8) is 0 Å². The van der Waals surface area contributed by atoms with Crippen molar-refractivity contribution in [2.75, 3.05) is 3.93 Å². The first kappa shape index (κ1) is 17.6. The second-order valence-electron chi connectivity index (χ2n) is 7.07. The molecule has 0 N–H and O–H groups in total. The molecule has 0 bridgehead atoms. The molecule has 0 saturated heterocycles. The molecule has 1 aromatic rings. The van der Waals surface area contributed by atoms with Gasteiger partial charge < -0.3 is 0 Å². The Kier molecular flexibility index (Phi) is 4.53. The number of hydrogen-bond donors (Lipinski definition) is 0. The van der Waals surface area contributed by atoms with Crippen LogP contribution in [0.25, 0.3) is 0 Å².